The highest BCUT2D eigenvalue weighted by Crippen LogP contribution is 2.17. The molecule has 1 rings (SSSR count). The number of ether oxygens (including phenoxy) is 1. The van der Waals surface area contributed by atoms with Crippen LogP contribution in [0.5, 0.6) is 5.75 Å². The Labute approximate surface area is 129 Å². The van der Waals surface area contributed by atoms with Gasteiger partial charge in [-0.05, 0) is 43.5 Å². The largest absolute Gasteiger partial charge is 0.481 e. The topological polar surface area (TPSA) is 75.6 Å². The highest BCUT2D eigenvalue weighted by molar-refractivity contribution is 6.30. The number of carboxylic acid groups (broad SMARTS) is 1. The maximum Gasteiger partial charge on any atom is 0.326 e. The Hall–Kier alpha value is -1.75. The van der Waals surface area contributed by atoms with E-state index in [0.717, 1.165) is 0 Å². The molecule has 0 saturated heterocycles. The number of benzene rings is 1. The number of aliphatic carboxylic acids is 1. The van der Waals surface area contributed by atoms with Gasteiger partial charge in [-0.1, -0.05) is 25.4 Å². The van der Waals surface area contributed by atoms with Crippen molar-refractivity contribution in [1.82, 2.24) is 5.32 Å². The number of hydrogen-bond donors (Lipinski definition) is 2. The first-order chi connectivity index (χ1) is 9.79. The quantitative estimate of drug-likeness (QED) is 0.811. The lowest BCUT2D eigenvalue weighted by atomic mass is 10.0. The maximum absolute atomic E-state index is 12.0. The minimum Gasteiger partial charge on any atom is -0.481 e. The fourth-order valence-corrected chi connectivity index (χ4v) is 1.88. The molecule has 6 heteroatoms. The third-order valence-electron chi connectivity index (χ3n) is 2.82. The SMILES string of the molecule is CC(C)CC(NC(=O)C(C)Oc1ccc(Cl)cc1)C(=O)O. The van der Waals surface area contributed by atoms with Crippen molar-refractivity contribution in [2.45, 2.75) is 39.3 Å². The van der Waals surface area contributed by atoms with Crippen LogP contribution in [0, 0.1) is 5.92 Å². The Morgan fingerprint density at radius 2 is 1.81 bits per heavy atom. The molecule has 116 valence electrons. The smallest absolute Gasteiger partial charge is 0.326 e. The summed E-state index contributed by atoms with van der Waals surface area (Å²) in [6, 6.07) is 5.69. The second-order valence-electron chi connectivity index (χ2n) is 5.24. The molecule has 2 unspecified atom stereocenters. The average Bonchev–Trinajstić information content (AvgIpc) is 2.39. The minimum atomic E-state index is -1.05. The summed E-state index contributed by atoms with van der Waals surface area (Å²) in [7, 11) is 0. The van der Waals surface area contributed by atoms with Crippen LogP contribution in [0.3, 0.4) is 0 Å². The van der Waals surface area contributed by atoms with Crippen LogP contribution < -0.4 is 10.1 Å². The van der Waals surface area contributed by atoms with Crippen LogP contribution in [0.1, 0.15) is 27.2 Å². The highest BCUT2D eigenvalue weighted by atomic mass is 35.5. The van der Waals surface area contributed by atoms with E-state index in [1.807, 2.05) is 13.8 Å². The van der Waals surface area contributed by atoms with Gasteiger partial charge in [0, 0.05) is 5.02 Å². The monoisotopic (exact) mass is 313 g/mol. The summed E-state index contributed by atoms with van der Waals surface area (Å²) in [4.78, 5) is 23.1. The van der Waals surface area contributed by atoms with Gasteiger partial charge in [0.1, 0.15) is 11.8 Å². The van der Waals surface area contributed by atoms with Gasteiger partial charge in [0.2, 0.25) is 0 Å². The predicted molar refractivity (Wildman–Crippen MR) is 80.6 cm³/mol. The minimum absolute atomic E-state index is 0.166. The number of rotatable bonds is 7. The van der Waals surface area contributed by atoms with Crippen molar-refractivity contribution in [1.29, 1.82) is 0 Å². The lowest BCUT2D eigenvalue weighted by Crippen LogP contribution is -2.46. The highest BCUT2D eigenvalue weighted by Gasteiger charge is 2.24. The molecule has 0 aliphatic rings. The predicted octanol–water partition coefficient (Wildman–Crippen LogP) is 2.72. The number of amides is 1. The van der Waals surface area contributed by atoms with Crippen LogP contribution in [-0.2, 0) is 9.59 Å². The zero-order valence-corrected chi connectivity index (χ0v) is 13.1. The molecular formula is C15H20ClNO4. The van der Waals surface area contributed by atoms with Crippen LogP contribution in [-0.4, -0.2) is 29.1 Å². The van der Waals surface area contributed by atoms with Gasteiger partial charge in [0.25, 0.3) is 5.91 Å². The van der Waals surface area contributed by atoms with E-state index >= 15 is 0 Å². The Balaban J connectivity index is 2.60. The Morgan fingerprint density at radius 3 is 2.29 bits per heavy atom. The lowest BCUT2D eigenvalue weighted by Gasteiger charge is -2.20. The summed E-state index contributed by atoms with van der Waals surface area (Å²) in [5, 5.41) is 12.2. The van der Waals surface area contributed by atoms with Gasteiger partial charge in [-0.2, -0.15) is 0 Å². The molecule has 0 radical (unpaired) electrons. The summed E-state index contributed by atoms with van der Waals surface area (Å²) >= 11 is 5.76. The van der Waals surface area contributed by atoms with Gasteiger partial charge in [-0.15, -0.1) is 0 Å². The molecule has 0 aliphatic heterocycles. The second-order valence-corrected chi connectivity index (χ2v) is 5.68. The first-order valence-corrected chi connectivity index (χ1v) is 7.12. The Morgan fingerprint density at radius 1 is 1.24 bits per heavy atom. The van der Waals surface area contributed by atoms with Crippen molar-refractivity contribution in [2.75, 3.05) is 0 Å². The van der Waals surface area contributed by atoms with Gasteiger partial charge < -0.3 is 15.2 Å². The van der Waals surface area contributed by atoms with E-state index < -0.39 is 24.0 Å². The van der Waals surface area contributed by atoms with Crippen LogP contribution >= 0.6 is 11.6 Å². The van der Waals surface area contributed by atoms with Crippen LogP contribution in [0.2, 0.25) is 5.02 Å². The molecular weight excluding hydrogens is 294 g/mol. The third-order valence-corrected chi connectivity index (χ3v) is 3.07. The van der Waals surface area contributed by atoms with E-state index in [9.17, 15) is 9.59 Å². The van der Waals surface area contributed by atoms with Crippen LogP contribution in [0.15, 0.2) is 24.3 Å². The zero-order valence-electron chi connectivity index (χ0n) is 12.3. The molecule has 2 atom stereocenters. The average molecular weight is 314 g/mol. The second kappa shape index (κ2) is 7.88. The van der Waals surface area contributed by atoms with Gasteiger partial charge in [-0.25, -0.2) is 4.79 Å². The number of carbonyl (C=O) groups is 2. The van der Waals surface area contributed by atoms with Crippen molar-refractivity contribution in [2.24, 2.45) is 5.92 Å². The molecule has 0 bridgehead atoms. The maximum atomic E-state index is 12.0. The number of carbonyl (C=O) groups excluding carboxylic acids is 1. The van der Waals surface area contributed by atoms with E-state index in [2.05, 4.69) is 5.32 Å². The molecule has 0 saturated carbocycles. The molecule has 1 aromatic rings. The zero-order chi connectivity index (χ0) is 16.0. The van der Waals surface area contributed by atoms with Gasteiger partial charge >= 0.3 is 5.97 Å². The van der Waals surface area contributed by atoms with E-state index in [1.54, 1.807) is 31.2 Å². The molecule has 0 spiro atoms. The van der Waals surface area contributed by atoms with E-state index in [1.165, 1.54) is 0 Å². The number of halogens is 1. The third kappa shape index (κ3) is 6.04. The van der Waals surface area contributed by atoms with E-state index in [0.29, 0.717) is 17.2 Å². The molecule has 0 fully saturated rings. The van der Waals surface area contributed by atoms with Crippen molar-refractivity contribution < 1.29 is 19.4 Å². The first-order valence-electron chi connectivity index (χ1n) is 6.75. The molecule has 0 aliphatic carbocycles. The number of carboxylic acids is 1. The molecule has 1 amide bonds. The Bertz CT molecular complexity index is 487. The summed E-state index contributed by atoms with van der Waals surface area (Å²) in [5.74, 6) is -0.842. The molecule has 0 heterocycles. The van der Waals surface area contributed by atoms with Crippen molar-refractivity contribution >= 4 is 23.5 Å². The lowest BCUT2D eigenvalue weighted by molar-refractivity contribution is -0.143. The van der Waals surface area contributed by atoms with Gasteiger partial charge in [0.15, 0.2) is 6.10 Å². The fourth-order valence-electron chi connectivity index (χ4n) is 1.75. The summed E-state index contributed by atoms with van der Waals surface area (Å²) < 4.78 is 5.45. The standard InChI is InChI=1S/C15H20ClNO4/c1-9(2)8-13(15(19)20)17-14(18)10(3)21-12-6-4-11(16)5-7-12/h4-7,9-10,13H,8H2,1-3H3,(H,17,18)(H,19,20). The number of nitrogens with one attached hydrogen (secondary N) is 1. The summed E-state index contributed by atoms with van der Waals surface area (Å²) in [5.41, 5.74) is 0. The van der Waals surface area contributed by atoms with Crippen molar-refractivity contribution in [3.63, 3.8) is 0 Å². The molecule has 2 N–H and O–H groups in total. The van der Waals surface area contributed by atoms with E-state index in [-0.39, 0.29) is 5.92 Å². The fraction of sp³-hybridized carbons (Fsp3) is 0.467. The van der Waals surface area contributed by atoms with Gasteiger partial charge in [0.05, 0.1) is 0 Å². The molecule has 0 aromatic heterocycles. The Kier molecular flexibility index (Phi) is 6.49. The first kappa shape index (κ1) is 17.3. The molecule has 5 nitrogen and oxygen atoms in total. The molecule has 1 aromatic carbocycles. The van der Waals surface area contributed by atoms with Crippen LogP contribution in [0.4, 0.5) is 0 Å². The van der Waals surface area contributed by atoms with Crippen molar-refractivity contribution in [3.8, 4) is 5.75 Å². The summed E-state index contributed by atoms with van der Waals surface area (Å²) in [6.45, 7) is 5.36. The van der Waals surface area contributed by atoms with E-state index in [4.69, 9.17) is 21.4 Å². The normalized spacial score (nSPS) is 13.6. The van der Waals surface area contributed by atoms with Crippen LogP contribution in [0.25, 0.3) is 0 Å². The summed E-state index contributed by atoms with van der Waals surface area (Å²) in [6.07, 6.45) is -0.422. The van der Waals surface area contributed by atoms with Gasteiger partial charge in [-0.3, -0.25) is 4.79 Å². The molecule has 21 heavy (non-hydrogen) atoms. The van der Waals surface area contributed by atoms with Crippen molar-refractivity contribution in [3.05, 3.63) is 29.3 Å². The number of hydrogen-bond acceptors (Lipinski definition) is 3.